The van der Waals surface area contributed by atoms with Gasteiger partial charge in [0.25, 0.3) is 5.56 Å². The molecule has 0 spiro atoms. The molecule has 2 aromatic heterocycles. The summed E-state index contributed by atoms with van der Waals surface area (Å²) in [7, 11) is 2.88. The minimum Gasteiger partial charge on any atom is -0.331 e. The van der Waals surface area contributed by atoms with Crippen LogP contribution in [0, 0.1) is 11.3 Å². The van der Waals surface area contributed by atoms with Crippen molar-refractivity contribution in [3.8, 4) is 6.07 Å². The molecule has 0 radical (unpaired) electrons. The fourth-order valence-corrected chi connectivity index (χ4v) is 1.52. The maximum Gasteiger partial charge on any atom is 0.332 e. The summed E-state index contributed by atoms with van der Waals surface area (Å²) in [4.78, 5) is 30.1. The van der Waals surface area contributed by atoms with Crippen molar-refractivity contribution in [1.82, 2.24) is 19.1 Å². The molecule has 0 unspecified atom stereocenters. The summed E-state index contributed by atoms with van der Waals surface area (Å²) in [5, 5.41) is 8.70. The van der Waals surface area contributed by atoms with Crippen molar-refractivity contribution < 1.29 is 0 Å². The monoisotopic (exact) mass is 231 g/mol. The van der Waals surface area contributed by atoms with Gasteiger partial charge in [-0.25, -0.2) is 9.78 Å². The van der Waals surface area contributed by atoms with Crippen LogP contribution in [0.25, 0.3) is 16.7 Å². The molecule has 0 fully saturated rings. The summed E-state index contributed by atoms with van der Waals surface area (Å²) in [6.45, 7) is 3.49. The average molecular weight is 231 g/mol. The van der Waals surface area contributed by atoms with Crippen LogP contribution in [0.15, 0.2) is 16.2 Å². The van der Waals surface area contributed by atoms with Crippen LogP contribution in [0.4, 0.5) is 0 Å². The zero-order valence-corrected chi connectivity index (χ0v) is 9.31. The van der Waals surface area contributed by atoms with Crippen LogP contribution >= 0.6 is 0 Å². The number of hydrogen-bond donors (Lipinski definition) is 1. The number of nitrogens with one attached hydrogen (secondary N) is 1. The Labute approximate surface area is 95.3 Å². The summed E-state index contributed by atoms with van der Waals surface area (Å²) < 4.78 is 2.21. The van der Waals surface area contributed by atoms with E-state index in [2.05, 4.69) is 16.5 Å². The van der Waals surface area contributed by atoms with Gasteiger partial charge in [-0.1, -0.05) is 6.58 Å². The van der Waals surface area contributed by atoms with Crippen molar-refractivity contribution in [1.29, 1.82) is 5.26 Å². The number of aryl methyl sites for hydroxylation is 1. The number of aromatic nitrogens is 4. The first-order valence-electron chi connectivity index (χ1n) is 4.72. The highest BCUT2D eigenvalue weighted by molar-refractivity contribution is 5.78. The lowest BCUT2D eigenvalue weighted by atomic mass is 10.3. The molecule has 1 N–H and O–H groups in total. The van der Waals surface area contributed by atoms with Gasteiger partial charge in [0.1, 0.15) is 11.6 Å². The van der Waals surface area contributed by atoms with E-state index in [-0.39, 0.29) is 22.6 Å². The SMILES string of the molecule is C=C(C#N)c1nc2c([nH]1)c(=O)n(C)c(=O)n2C. The van der Waals surface area contributed by atoms with Gasteiger partial charge < -0.3 is 4.98 Å². The molecule has 0 aromatic carbocycles. The minimum absolute atomic E-state index is 0.107. The third-order valence-electron chi connectivity index (χ3n) is 2.52. The van der Waals surface area contributed by atoms with E-state index in [1.165, 1.54) is 18.7 Å². The predicted molar refractivity (Wildman–Crippen MR) is 61.2 cm³/mol. The summed E-state index contributed by atoms with van der Waals surface area (Å²) in [6.07, 6.45) is 0. The topological polar surface area (TPSA) is 96.5 Å². The summed E-state index contributed by atoms with van der Waals surface area (Å²) >= 11 is 0. The highest BCUT2D eigenvalue weighted by atomic mass is 16.2. The number of imidazole rings is 1. The van der Waals surface area contributed by atoms with Gasteiger partial charge in [-0.2, -0.15) is 5.26 Å². The lowest BCUT2D eigenvalue weighted by molar-refractivity contribution is 0.708. The number of aromatic amines is 1. The molecule has 2 heterocycles. The standard InChI is InChI=1S/C10H9N5O2/c1-5(4-11)7-12-6-8(13-7)14(2)10(17)15(3)9(6)16/h1H2,2-3H3,(H,12,13). The summed E-state index contributed by atoms with van der Waals surface area (Å²) in [6, 6.07) is 1.83. The van der Waals surface area contributed by atoms with Crippen molar-refractivity contribution >= 4 is 16.7 Å². The number of allylic oxidation sites excluding steroid dienone is 1. The van der Waals surface area contributed by atoms with E-state index in [1.54, 1.807) is 0 Å². The van der Waals surface area contributed by atoms with E-state index in [0.717, 1.165) is 4.57 Å². The molecule has 0 aliphatic heterocycles. The van der Waals surface area contributed by atoms with E-state index in [4.69, 9.17) is 5.26 Å². The van der Waals surface area contributed by atoms with E-state index in [1.807, 2.05) is 6.07 Å². The first kappa shape index (κ1) is 10.9. The second-order valence-corrected chi connectivity index (χ2v) is 3.58. The van der Waals surface area contributed by atoms with Gasteiger partial charge in [-0.05, 0) is 0 Å². The molecule has 7 heteroatoms. The van der Waals surface area contributed by atoms with Crippen molar-refractivity contribution in [2.45, 2.75) is 0 Å². The summed E-state index contributed by atoms with van der Waals surface area (Å²) in [5.74, 6) is 0.195. The molecule has 0 bridgehead atoms. The average Bonchev–Trinajstić information content (AvgIpc) is 2.77. The third kappa shape index (κ3) is 1.38. The maximum absolute atomic E-state index is 11.8. The molecule has 2 rings (SSSR count). The normalized spacial score (nSPS) is 10.4. The first-order chi connectivity index (χ1) is 7.97. The molecular formula is C10H9N5O2. The molecule has 0 atom stereocenters. The molecule has 0 saturated heterocycles. The van der Waals surface area contributed by atoms with Gasteiger partial charge in [-0.3, -0.25) is 13.9 Å². The Morgan fingerprint density at radius 2 is 2.06 bits per heavy atom. The van der Waals surface area contributed by atoms with Gasteiger partial charge in [0.2, 0.25) is 0 Å². The van der Waals surface area contributed by atoms with E-state index in [9.17, 15) is 9.59 Å². The van der Waals surface area contributed by atoms with E-state index in [0.29, 0.717) is 0 Å². The molecule has 0 aliphatic rings. The fraction of sp³-hybridized carbons (Fsp3) is 0.200. The number of nitrogens with zero attached hydrogens (tertiary/aromatic N) is 4. The number of hydrogen-bond acceptors (Lipinski definition) is 4. The molecule has 17 heavy (non-hydrogen) atoms. The quantitative estimate of drug-likeness (QED) is 0.669. The molecule has 0 saturated carbocycles. The number of fused-ring (bicyclic) bond motifs is 1. The first-order valence-corrected chi connectivity index (χ1v) is 4.72. The smallest absolute Gasteiger partial charge is 0.331 e. The Morgan fingerprint density at radius 3 is 2.65 bits per heavy atom. The minimum atomic E-state index is -0.479. The van der Waals surface area contributed by atoms with Crippen LogP contribution in [-0.2, 0) is 14.1 Å². The van der Waals surface area contributed by atoms with Crippen molar-refractivity contribution in [2.75, 3.05) is 0 Å². The van der Waals surface area contributed by atoms with Crippen molar-refractivity contribution in [3.05, 3.63) is 33.2 Å². The van der Waals surface area contributed by atoms with E-state index >= 15 is 0 Å². The van der Waals surface area contributed by atoms with Crippen LogP contribution in [0.2, 0.25) is 0 Å². The van der Waals surface area contributed by atoms with Crippen LogP contribution in [-0.4, -0.2) is 19.1 Å². The molecular weight excluding hydrogens is 222 g/mol. The third-order valence-corrected chi connectivity index (χ3v) is 2.52. The predicted octanol–water partition coefficient (Wildman–Crippen LogP) is -0.503. The number of H-pyrrole nitrogens is 1. The molecule has 2 aromatic rings. The Bertz CT molecular complexity index is 784. The molecule has 0 aliphatic carbocycles. The van der Waals surface area contributed by atoms with Crippen LogP contribution in [0.3, 0.4) is 0 Å². The summed E-state index contributed by atoms with van der Waals surface area (Å²) in [5.41, 5.74) is -0.447. The highest BCUT2D eigenvalue weighted by Gasteiger charge is 2.14. The van der Waals surface area contributed by atoms with Crippen molar-refractivity contribution in [2.24, 2.45) is 14.1 Å². The Kier molecular flexibility index (Phi) is 2.21. The van der Waals surface area contributed by atoms with Crippen LogP contribution < -0.4 is 11.2 Å². The Balaban J connectivity index is 2.98. The van der Waals surface area contributed by atoms with Gasteiger partial charge in [0.05, 0.1) is 5.57 Å². The lowest BCUT2D eigenvalue weighted by Crippen LogP contribution is -2.36. The maximum atomic E-state index is 11.8. The second kappa shape index (κ2) is 3.45. The molecule has 7 nitrogen and oxygen atoms in total. The van der Waals surface area contributed by atoms with Gasteiger partial charge in [0, 0.05) is 14.1 Å². The molecule has 86 valence electrons. The highest BCUT2D eigenvalue weighted by Crippen LogP contribution is 2.10. The second-order valence-electron chi connectivity index (χ2n) is 3.58. The fourth-order valence-electron chi connectivity index (χ4n) is 1.52. The van der Waals surface area contributed by atoms with Crippen LogP contribution in [0.5, 0.6) is 0 Å². The zero-order valence-electron chi connectivity index (χ0n) is 9.31. The van der Waals surface area contributed by atoms with E-state index < -0.39 is 11.2 Å². The largest absolute Gasteiger partial charge is 0.332 e. The van der Waals surface area contributed by atoms with Gasteiger partial charge in [0.15, 0.2) is 11.5 Å². The zero-order chi connectivity index (χ0) is 12.7. The molecule has 0 amide bonds. The van der Waals surface area contributed by atoms with Gasteiger partial charge in [-0.15, -0.1) is 0 Å². The Hall–Kier alpha value is -2.62. The van der Waals surface area contributed by atoms with Crippen LogP contribution in [0.1, 0.15) is 5.82 Å². The van der Waals surface area contributed by atoms with Gasteiger partial charge >= 0.3 is 5.69 Å². The van der Waals surface area contributed by atoms with Crippen molar-refractivity contribution in [3.63, 3.8) is 0 Å². The number of nitriles is 1. The Morgan fingerprint density at radius 1 is 1.41 bits per heavy atom. The number of rotatable bonds is 1. The lowest BCUT2D eigenvalue weighted by Gasteiger charge is -2.00.